The molecule has 3 aromatic rings. The molecule has 222 valence electrons. The van der Waals surface area contributed by atoms with Crippen molar-refractivity contribution in [1.29, 1.82) is 0 Å². The number of aromatic nitrogens is 1. The quantitative estimate of drug-likeness (QED) is 0.210. The Kier molecular flexibility index (Phi) is 10.6. The van der Waals surface area contributed by atoms with Crippen LogP contribution < -0.4 is 14.4 Å². The first-order valence-corrected chi connectivity index (χ1v) is 14.9. The lowest BCUT2D eigenvalue weighted by atomic mass is 10.1. The minimum atomic E-state index is -5.00. The van der Waals surface area contributed by atoms with Crippen molar-refractivity contribution < 1.29 is 41.0 Å². The molecule has 0 bridgehead atoms. The zero-order valence-corrected chi connectivity index (χ0v) is 25.0. The van der Waals surface area contributed by atoms with Crippen LogP contribution in [0.3, 0.4) is 0 Å². The summed E-state index contributed by atoms with van der Waals surface area (Å²) in [6, 6.07) is 5.56. The topological polar surface area (TPSA) is 124 Å². The maximum absolute atomic E-state index is 15.3. The maximum Gasteiger partial charge on any atom is 0.430 e. The van der Waals surface area contributed by atoms with E-state index in [1.54, 1.807) is 6.07 Å². The summed E-state index contributed by atoms with van der Waals surface area (Å²) in [7, 11) is -3.72. The molecule has 1 N–H and O–H groups in total. The molecular weight excluding hydrogens is 604 g/mol. The highest BCUT2D eigenvalue weighted by Gasteiger charge is 2.38. The van der Waals surface area contributed by atoms with Crippen molar-refractivity contribution in [2.75, 3.05) is 24.5 Å². The molecule has 3 rings (SSSR count). The van der Waals surface area contributed by atoms with Crippen LogP contribution >= 0.6 is 22.9 Å². The number of anilines is 1. The lowest BCUT2D eigenvalue weighted by Crippen LogP contribution is -2.41. The van der Waals surface area contributed by atoms with Gasteiger partial charge in [-0.2, -0.15) is 0 Å². The second-order valence-corrected chi connectivity index (χ2v) is 12.4. The minimum absolute atomic E-state index is 0.0307. The number of esters is 1. The number of hydrogen-bond acceptors (Lipinski definition) is 10. The van der Waals surface area contributed by atoms with Gasteiger partial charge in [0.25, 0.3) is 10.0 Å². The molecule has 0 aliphatic heterocycles. The van der Waals surface area contributed by atoms with Gasteiger partial charge in [-0.3, -0.25) is 4.79 Å². The summed E-state index contributed by atoms with van der Waals surface area (Å²) in [6.45, 7) is 5.04. The molecule has 0 atom stereocenters. The number of benzene rings is 2. The number of sulfonamides is 1. The van der Waals surface area contributed by atoms with Crippen LogP contribution in [-0.4, -0.2) is 51.3 Å². The number of nitrogens with one attached hydrogen (secondary N) is 1. The number of carbonyl (C=O) groups excluding carboxylic acids is 2. The number of hydrogen-bond donors (Lipinski definition) is 1. The van der Waals surface area contributed by atoms with Crippen molar-refractivity contribution in [1.82, 2.24) is 10.3 Å². The molecule has 1 amide bonds. The van der Waals surface area contributed by atoms with Gasteiger partial charge < -0.3 is 19.5 Å². The van der Waals surface area contributed by atoms with Crippen LogP contribution in [0.15, 0.2) is 46.1 Å². The van der Waals surface area contributed by atoms with Gasteiger partial charge in [0.15, 0.2) is 17.4 Å². The first kappa shape index (κ1) is 32.2. The van der Waals surface area contributed by atoms with Crippen molar-refractivity contribution in [3.8, 4) is 11.5 Å². The zero-order chi connectivity index (χ0) is 30.4. The van der Waals surface area contributed by atoms with Gasteiger partial charge in [-0.05, 0) is 63.9 Å². The van der Waals surface area contributed by atoms with Gasteiger partial charge in [0.1, 0.15) is 22.1 Å². The van der Waals surface area contributed by atoms with E-state index >= 15 is 8.78 Å². The Labute approximate surface area is 245 Å². The third-order valence-electron chi connectivity index (χ3n) is 5.23. The van der Waals surface area contributed by atoms with Crippen LogP contribution in [0.5, 0.6) is 11.5 Å². The second kappa shape index (κ2) is 13.6. The van der Waals surface area contributed by atoms with E-state index in [1.807, 2.05) is 0 Å². The van der Waals surface area contributed by atoms with E-state index in [0.29, 0.717) is 42.1 Å². The molecule has 1 heterocycles. The number of methoxy groups -OCH3 is 1. The second-order valence-electron chi connectivity index (χ2n) is 9.52. The Morgan fingerprint density at radius 2 is 1.85 bits per heavy atom. The van der Waals surface area contributed by atoms with Crippen molar-refractivity contribution in [2.45, 2.75) is 44.1 Å². The molecule has 0 aliphatic rings. The van der Waals surface area contributed by atoms with Gasteiger partial charge in [0.05, 0.1) is 19.2 Å². The number of amides is 1. The molecule has 0 radical (unpaired) electrons. The van der Waals surface area contributed by atoms with Crippen LogP contribution in [0.1, 0.15) is 32.8 Å². The molecule has 0 fully saturated rings. The Morgan fingerprint density at radius 1 is 1.12 bits per heavy atom. The summed E-state index contributed by atoms with van der Waals surface area (Å²) in [5.74, 6) is -3.75. The number of rotatable bonds is 11. The van der Waals surface area contributed by atoms with E-state index in [0.717, 1.165) is 11.3 Å². The van der Waals surface area contributed by atoms with Crippen LogP contribution in [0.4, 0.5) is 19.4 Å². The third kappa shape index (κ3) is 8.58. The van der Waals surface area contributed by atoms with Crippen molar-refractivity contribution in [3.63, 3.8) is 0 Å². The predicted octanol–water partition coefficient (Wildman–Crippen LogP) is 5.69. The largest absolute Gasteiger partial charge is 0.468 e. The van der Waals surface area contributed by atoms with E-state index < -0.39 is 50.0 Å². The predicted molar refractivity (Wildman–Crippen MR) is 149 cm³/mol. The molecule has 41 heavy (non-hydrogen) atoms. The van der Waals surface area contributed by atoms with Gasteiger partial charge in [-0.1, -0.05) is 11.6 Å². The Hall–Kier alpha value is -3.33. The first-order valence-electron chi connectivity index (χ1n) is 12.1. The van der Waals surface area contributed by atoms with Crippen LogP contribution in [0.2, 0.25) is 5.02 Å². The highest BCUT2D eigenvalue weighted by atomic mass is 35.5. The van der Waals surface area contributed by atoms with Crippen LogP contribution in [0.25, 0.3) is 0 Å². The maximum atomic E-state index is 15.3. The summed E-state index contributed by atoms with van der Waals surface area (Å²) >= 11 is 7.10. The number of nitrogens with zero attached hydrogens (tertiary/aromatic N) is 2. The molecular formula is C26H28ClF2N3O7S2. The molecule has 0 unspecified atom stereocenters. The Morgan fingerprint density at radius 3 is 2.49 bits per heavy atom. The molecule has 10 nitrogen and oxygen atoms in total. The number of aryl methyl sites for hydroxylation is 1. The lowest BCUT2D eigenvalue weighted by Gasteiger charge is -2.25. The SMILES string of the molecule is COC(=O)CNCCCc1cc(Cl)ccc1Oc1cc(F)c(S(=O)(=O)N(C(=O)OC(C)(C)C)c2cscn2)cc1F. The molecule has 0 saturated carbocycles. The minimum Gasteiger partial charge on any atom is -0.468 e. The van der Waals surface area contributed by atoms with Gasteiger partial charge in [0, 0.05) is 22.5 Å². The average Bonchev–Trinajstić information content (AvgIpc) is 3.39. The summed E-state index contributed by atoms with van der Waals surface area (Å²) in [6.07, 6.45) is -0.395. The summed E-state index contributed by atoms with van der Waals surface area (Å²) in [5.41, 5.74) is 0.749. The fourth-order valence-electron chi connectivity index (χ4n) is 3.44. The van der Waals surface area contributed by atoms with E-state index in [4.69, 9.17) is 21.1 Å². The number of halogens is 3. The van der Waals surface area contributed by atoms with E-state index in [9.17, 15) is 18.0 Å². The number of thiazole rings is 1. The summed E-state index contributed by atoms with van der Waals surface area (Å²) < 4.78 is 72.9. The molecule has 0 saturated heterocycles. The molecule has 15 heteroatoms. The van der Waals surface area contributed by atoms with Crippen molar-refractivity contribution in [2.24, 2.45) is 0 Å². The summed E-state index contributed by atoms with van der Waals surface area (Å²) in [4.78, 5) is 26.8. The van der Waals surface area contributed by atoms with Gasteiger partial charge in [-0.25, -0.2) is 27.0 Å². The normalized spacial score (nSPS) is 11.7. The number of ether oxygens (including phenoxy) is 3. The molecule has 1 aromatic heterocycles. The van der Waals surface area contributed by atoms with Crippen LogP contribution in [0, 0.1) is 11.6 Å². The smallest absolute Gasteiger partial charge is 0.430 e. The van der Waals surface area contributed by atoms with Gasteiger partial charge in [0.2, 0.25) is 0 Å². The fraction of sp³-hybridized carbons (Fsp3) is 0.346. The highest BCUT2D eigenvalue weighted by molar-refractivity contribution is 7.93. The van der Waals surface area contributed by atoms with E-state index in [-0.39, 0.29) is 22.4 Å². The lowest BCUT2D eigenvalue weighted by molar-refractivity contribution is -0.139. The molecule has 0 spiro atoms. The standard InChI is InChI=1S/C26H28ClF2N3O7S2/c1-26(2,3)39-25(34)32(23-14-40-15-31-23)41(35,36)22-12-18(28)21(11-19(22)29)38-20-8-7-17(27)10-16(20)6-5-9-30-13-24(33)37-4/h7-8,10-12,14-15,30H,5-6,9,13H2,1-4H3. The number of carbonyl (C=O) groups is 2. The monoisotopic (exact) mass is 631 g/mol. The molecule has 0 aliphatic carbocycles. The average molecular weight is 632 g/mol. The zero-order valence-electron chi connectivity index (χ0n) is 22.6. The van der Waals surface area contributed by atoms with E-state index in [1.165, 1.54) is 50.9 Å². The van der Waals surface area contributed by atoms with Crippen LogP contribution in [-0.2, 0) is 30.7 Å². The van der Waals surface area contributed by atoms with Crippen molar-refractivity contribution in [3.05, 3.63) is 63.4 Å². The Bertz CT molecular complexity index is 1500. The fourth-order valence-corrected chi connectivity index (χ4v) is 5.55. The highest BCUT2D eigenvalue weighted by Crippen LogP contribution is 2.34. The van der Waals surface area contributed by atoms with Crippen molar-refractivity contribution >= 4 is 50.8 Å². The van der Waals surface area contributed by atoms with E-state index in [2.05, 4.69) is 15.0 Å². The Balaban J connectivity index is 1.88. The summed E-state index contributed by atoms with van der Waals surface area (Å²) in [5, 5.41) is 4.54. The van der Waals surface area contributed by atoms with Gasteiger partial charge in [-0.15, -0.1) is 15.6 Å². The van der Waals surface area contributed by atoms with Gasteiger partial charge >= 0.3 is 12.1 Å². The first-order chi connectivity index (χ1) is 19.2. The third-order valence-corrected chi connectivity index (χ3v) is 7.73. The molecule has 2 aromatic carbocycles.